The average molecular weight is 352 g/mol. The summed E-state index contributed by atoms with van der Waals surface area (Å²) in [6, 6.07) is 9.43. The SMILES string of the molecule is O=C(Cn1nnc2c(cnn2-c2ccccc2)c1=O)N1CCCCCC1. The summed E-state index contributed by atoms with van der Waals surface area (Å²) in [4.78, 5) is 27.0. The Balaban J connectivity index is 1.62. The number of para-hydroxylation sites is 1. The van der Waals surface area contributed by atoms with Crippen molar-refractivity contribution in [1.82, 2.24) is 29.7 Å². The second kappa shape index (κ2) is 7.07. The fourth-order valence-electron chi connectivity index (χ4n) is 3.27. The second-order valence-electron chi connectivity index (χ2n) is 6.48. The number of hydrogen-bond acceptors (Lipinski definition) is 5. The van der Waals surface area contributed by atoms with Gasteiger partial charge in [-0.2, -0.15) is 5.10 Å². The van der Waals surface area contributed by atoms with Gasteiger partial charge in [-0.3, -0.25) is 9.59 Å². The lowest BCUT2D eigenvalue weighted by Crippen LogP contribution is -2.38. The highest BCUT2D eigenvalue weighted by Crippen LogP contribution is 2.13. The Bertz CT molecular complexity index is 970. The van der Waals surface area contributed by atoms with Crippen molar-refractivity contribution in [2.75, 3.05) is 13.1 Å². The van der Waals surface area contributed by atoms with Gasteiger partial charge in [0.15, 0.2) is 5.65 Å². The molecular weight excluding hydrogens is 332 g/mol. The Morgan fingerprint density at radius 3 is 2.50 bits per heavy atom. The van der Waals surface area contributed by atoms with E-state index in [9.17, 15) is 9.59 Å². The van der Waals surface area contributed by atoms with Crippen LogP contribution in [0.5, 0.6) is 0 Å². The number of carbonyl (C=O) groups excluding carboxylic acids is 1. The van der Waals surface area contributed by atoms with Crippen LogP contribution in [0.3, 0.4) is 0 Å². The Morgan fingerprint density at radius 2 is 1.77 bits per heavy atom. The quantitative estimate of drug-likeness (QED) is 0.711. The molecule has 1 amide bonds. The Labute approximate surface area is 150 Å². The molecule has 0 radical (unpaired) electrons. The van der Waals surface area contributed by atoms with E-state index >= 15 is 0 Å². The molecular formula is C18H20N6O2. The molecule has 3 heterocycles. The zero-order valence-corrected chi connectivity index (χ0v) is 14.4. The molecule has 0 spiro atoms. The number of aromatic nitrogens is 5. The molecule has 4 rings (SSSR count). The van der Waals surface area contributed by atoms with E-state index < -0.39 is 0 Å². The Hall–Kier alpha value is -3.03. The van der Waals surface area contributed by atoms with Crippen LogP contribution < -0.4 is 5.56 Å². The Kier molecular flexibility index (Phi) is 4.47. The molecule has 0 saturated carbocycles. The van der Waals surface area contributed by atoms with Crippen molar-refractivity contribution in [2.45, 2.75) is 32.2 Å². The van der Waals surface area contributed by atoms with Crippen LogP contribution in [0.4, 0.5) is 0 Å². The van der Waals surface area contributed by atoms with Crippen molar-refractivity contribution in [1.29, 1.82) is 0 Å². The number of rotatable bonds is 3. The predicted octanol–water partition coefficient (Wildman–Crippen LogP) is 1.38. The van der Waals surface area contributed by atoms with Gasteiger partial charge in [0.2, 0.25) is 5.91 Å². The zero-order valence-electron chi connectivity index (χ0n) is 14.4. The molecule has 134 valence electrons. The topological polar surface area (TPSA) is 85.9 Å². The average Bonchev–Trinajstić information content (AvgIpc) is 2.91. The summed E-state index contributed by atoms with van der Waals surface area (Å²) >= 11 is 0. The molecule has 1 aliphatic heterocycles. The lowest BCUT2D eigenvalue weighted by molar-refractivity contribution is -0.132. The van der Waals surface area contributed by atoms with Crippen LogP contribution in [0.25, 0.3) is 16.7 Å². The van der Waals surface area contributed by atoms with Gasteiger partial charge in [0.1, 0.15) is 11.9 Å². The predicted molar refractivity (Wildman–Crippen MR) is 96.0 cm³/mol. The van der Waals surface area contributed by atoms with Crippen molar-refractivity contribution in [2.24, 2.45) is 0 Å². The van der Waals surface area contributed by atoms with Crippen molar-refractivity contribution in [3.63, 3.8) is 0 Å². The molecule has 1 aliphatic rings. The van der Waals surface area contributed by atoms with Gasteiger partial charge < -0.3 is 4.90 Å². The minimum absolute atomic E-state index is 0.0850. The summed E-state index contributed by atoms with van der Waals surface area (Å²) in [5.41, 5.74) is 0.842. The van der Waals surface area contributed by atoms with Crippen LogP contribution in [0.15, 0.2) is 41.3 Å². The van der Waals surface area contributed by atoms with Crippen LogP contribution >= 0.6 is 0 Å². The van der Waals surface area contributed by atoms with Gasteiger partial charge in [-0.25, -0.2) is 9.36 Å². The number of amides is 1. The van der Waals surface area contributed by atoms with Crippen molar-refractivity contribution in [3.05, 3.63) is 46.9 Å². The summed E-state index contributed by atoms with van der Waals surface area (Å²) < 4.78 is 2.71. The maximum absolute atomic E-state index is 12.7. The van der Waals surface area contributed by atoms with Gasteiger partial charge in [-0.05, 0) is 25.0 Å². The third-order valence-electron chi connectivity index (χ3n) is 4.70. The van der Waals surface area contributed by atoms with E-state index in [0.29, 0.717) is 11.0 Å². The van der Waals surface area contributed by atoms with E-state index in [1.807, 2.05) is 35.2 Å². The smallest absolute Gasteiger partial charge is 0.281 e. The first-order chi connectivity index (χ1) is 12.7. The molecule has 8 nitrogen and oxygen atoms in total. The van der Waals surface area contributed by atoms with Crippen LogP contribution in [-0.4, -0.2) is 48.7 Å². The van der Waals surface area contributed by atoms with Gasteiger partial charge >= 0.3 is 0 Å². The minimum Gasteiger partial charge on any atom is -0.341 e. The van der Waals surface area contributed by atoms with Gasteiger partial charge in [-0.15, -0.1) is 5.10 Å². The molecule has 0 bridgehead atoms. The molecule has 8 heteroatoms. The summed E-state index contributed by atoms with van der Waals surface area (Å²) in [6.07, 6.45) is 5.79. The number of likely N-dealkylation sites (tertiary alicyclic amines) is 1. The van der Waals surface area contributed by atoms with E-state index in [4.69, 9.17) is 0 Å². The maximum Gasteiger partial charge on any atom is 0.281 e. The largest absolute Gasteiger partial charge is 0.341 e. The fraction of sp³-hybridized carbons (Fsp3) is 0.389. The van der Waals surface area contributed by atoms with E-state index in [2.05, 4.69) is 15.4 Å². The fourth-order valence-corrected chi connectivity index (χ4v) is 3.27. The first-order valence-electron chi connectivity index (χ1n) is 8.89. The molecule has 0 unspecified atom stereocenters. The highest BCUT2D eigenvalue weighted by atomic mass is 16.2. The van der Waals surface area contributed by atoms with Crippen LogP contribution in [0.2, 0.25) is 0 Å². The van der Waals surface area contributed by atoms with E-state index in [0.717, 1.165) is 49.1 Å². The summed E-state index contributed by atoms with van der Waals surface area (Å²) in [5, 5.41) is 12.7. The third-order valence-corrected chi connectivity index (χ3v) is 4.70. The highest BCUT2D eigenvalue weighted by molar-refractivity contribution is 5.77. The zero-order chi connectivity index (χ0) is 17.9. The van der Waals surface area contributed by atoms with Crippen molar-refractivity contribution in [3.8, 4) is 5.69 Å². The lowest BCUT2D eigenvalue weighted by Gasteiger charge is -2.20. The summed E-state index contributed by atoms with van der Waals surface area (Å²) in [6.45, 7) is 1.41. The van der Waals surface area contributed by atoms with Gasteiger partial charge in [0, 0.05) is 13.1 Å². The minimum atomic E-state index is -0.347. The molecule has 3 aromatic rings. The van der Waals surface area contributed by atoms with Crippen LogP contribution in [-0.2, 0) is 11.3 Å². The number of nitrogens with zero attached hydrogens (tertiary/aromatic N) is 6. The van der Waals surface area contributed by atoms with Gasteiger partial charge in [0.05, 0.1) is 11.9 Å². The highest BCUT2D eigenvalue weighted by Gasteiger charge is 2.19. The molecule has 1 saturated heterocycles. The summed E-state index contributed by atoms with van der Waals surface area (Å²) in [5.74, 6) is -0.0851. The lowest BCUT2D eigenvalue weighted by atomic mass is 10.2. The van der Waals surface area contributed by atoms with Crippen molar-refractivity contribution >= 4 is 16.9 Å². The van der Waals surface area contributed by atoms with Crippen LogP contribution in [0.1, 0.15) is 25.7 Å². The molecule has 2 aromatic heterocycles. The molecule has 26 heavy (non-hydrogen) atoms. The maximum atomic E-state index is 12.7. The molecule has 0 aliphatic carbocycles. The third kappa shape index (κ3) is 3.10. The molecule has 1 fully saturated rings. The first kappa shape index (κ1) is 16.4. The number of carbonyl (C=O) groups is 1. The monoisotopic (exact) mass is 352 g/mol. The Morgan fingerprint density at radius 1 is 1.04 bits per heavy atom. The second-order valence-corrected chi connectivity index (χ2v) is 6.48. The number of benzene rings is 1. The van der Waals surface area contributed by atoms with Crippen molar-refractivity contribution < 1.29 is 4.79 Å². The van der Waals surface area contributed by atoms with E-state index in [-0.39, 0.29) is 18.0 Å². The van der Waals surface area contributed by atoms with Gasteiger partial charge in [-0.1, -0.05) is 36.3 Å². The van der Waals surface area contributed by atoms with Gasteiger partial charge in [0.25, 0.3) is 5.56 Å². The van der Waals surface area contributed by atoms with E-state index in [1.165, 1.54) is 6.20 Å². The number of hydrogen-bond donors (Lipinski definition) is 0. The standard InChI is InChI=1S/C18H20N6O2/c25-16(22-10-6-1-2-7-11-22)13-23-18(26)15-12-19-24(17(15)20-21-23)14-8-4-3-5-9-14/h3-5,8-9,12H,1-2,6-7,10-11,13H2. The normalized spacial score (nSPS) is 15.2. The van der Waals surface area contributed by atoms with E-state index in [1.54, 1.807) is 4.68 Å². The molecule has 0 atom stereocenters. The molecule has 0 N–H and O–H groups in total. The van der Waals surface area contributed by atoms with Crippen LogP contribution in [0, 0.1) is 0 Å². The molecule has 1 aromatic carbocycles. The first-order valence-corrected chi connectivity index (χ1v) is 8.89. The number of fused-ring (bicyclic) bond motifs is 1. The summed E-state index contributed by atoms with van der Waals surface area (Å²) in [7, 11) is 0.